The number of piperidine rings is 1. The maximum Gasteiger partial charge on any atom is 0.416 e. The van der Waals surface area contributed by atoms with Gasteiger partial charge in [0.05, 0.1) is 5.56 Å². The van der Waals surface area contributed by atoms with Gasteiger partial charge in [0.2, 0.25) is 5.91 Å². The molecule has 0 aromatic heterocycles. The quantitative estimate of drug-likeness (QED) is 0.688. The molecule has 8 heteroatoms. The second-order valence-electron chi connectivity index (χ2n) is 7.46. The lowest BCUT2D eigenvalue weighted by Gasteiger charge is -2.33. The second-order valence-corrected chi connectivity index (χ2v) is 7.46. The Balaban J connectivity index is 1.53. The molecule has 1 heterocycles. The van der Waals surface area contributed by atoms with Crippen molar-refractivity contribution in [1.29, 1.82) is 0 Å². The van der Waals surface area contributed by atoms with E-state index in [-0.39, 0.29) is 24.3 Å². The number of nitrogens with zero attached hydrogens (tertiary/aromatic N) is 2. The van der Waals surface area contributed by atoms with Crippen molar-refractivity contribution in [2.45, 2.75) is 25.6 Å². The average molecular weight is 422 g/mol. The lowest BCUT2D eigenvalue weighted by atomic mass is 9.94. The van der Waals surface area contributed by atoms with Crippen molar-refractivity contribution in [2.24, 2.45) is 5.92 Å². The van der Waals surface area contributed by atoms with Crippen LogP contribution in [-0.2, 0) is 17.5 Å². The number of hydrogen-bond acceptors (Lipinski definition) is 2. The first-order valence-electron chi connectivity index (χ1n) is 9.61. The fraction of sp³-hybridized carbons (Fsp3) is 0.364. The van der Waals surface area contributed by atoms with E-state index in [0.717, 1.165) is 12.1 Å². The molecule has 30 heavy (non-hydrogen) atoms. The Kier molecular flexibility index (Phi) is 6.43. The van der Waals surface area contributed by atoms with Crippen LogP contribution in [0.1, 0.15) is 34.3 Å². The number of hydrogen-bond donors (Lipinski definition) is 0. The number of alkyl halides is 3. The molecule has 4 nitrogen and oxygen atoms in total. The molecule has 2 aromatic carbocycles. The van der Waals surface area contributed by atoms with E-state index in [4.69, 9.17) is 0 Å². The highest BCUT2D eigenvalue weighted by Crippen LogP contribution is 2.29. The van der Waals surface area contributed by atoms with Crippen LogP contribution < -0.4 is 0 Å². The van der Waals surface area contributed by atoms with Gasteiger partial charge in [-0.25, -0.2) is 4.39 Å². The van der Waals surface area contributed by atoms with Gasteiger partial charge in [-0.2, -0.15) is 13.2 Å². The van der Waals surface area contributed by atoms with Crippen LogP contribution in [0.5, 0.6) is 0 Å². The minimum atomic E-state index is -4.39. The number of benzene rings is 2. The standard InChI is InChI=1S/C22H22F4N2O2/c1-27(14-15-2-6-18(7-3-15)22(24,25)26)20(29)17-10-12-28(13-11-17)21(30)16-4-8-19(23)9-5-16/h2-9,17H,10-14H2,1H3. The van der Waals surface area contributed by atoms with Crippen molar-refractivity contribution < 1.29 is 27.2 Å². The molecule has 0 bridgehead atoms. The summed E-state index contributed by atoms with van der Waals surface area (Å²) >= 11 is 0. The van der Waals surface area contributed by atoms with Crippen molar-refractivity contribution >= 4 is 11.8 Å². The second kappa shape index (κ2) is 8.85. The van der Waals surface area contributed by atoms with Gasteiger partial charge in [-0.3, -0.25) is 9.59 Å². The highest BCUT2D eigenvalue weighted by Gasteiger charge is 2.31. The zero-order valence-electron chi connectivity index (χ0n) is 16.5. The van der Waals surface area contributed by atoms with Gasteiger partial charge in [-0.15, -0.1) is 0 Å². The molecule has 1 fully saturated rings. The summed E-state index contributed by atoms with van der Waals surface area (Å²) < 4.78 is 51.0. The molecule has 1 aliphatic rings. The predicted octanol–water partition coefficient (Wildman–Crippen LogP) is 4.36. The molecule has 3 rings (SSSR count). The van der Waals surface area contributed by atoms with Crippen LogP contribution in [0.15, 0.2) is 48.5 Å². The Morgan fingerprint density at radius 1 is 1.00 bits per heavy atom. The van der Waals surface area contributed by atoms with E-state index < -0.39 is 17.6 Å². The first-order chi connectivity index (χ1) is 14.1. The van der Waals surface area contributed by atoms with Gasteiger partial charge >= 0.3 is 6.18 Å². The van der Waals surface area contributed by atoms with E-state index in [1.807, 2.05) is 0 Å². The molecular weight excluding hydrogens is 400 g/mol. The summed E-state index contributed by atoms with van der Waals surface area (Å²) in [7, 11) is 1.62. The molecule has 1 aliphatic heterocycles. The smallest absolute Gasteiger partial charge is 0.341 e. The SMILES string of the molecule is CN(Cc1ccc(C(F)(F)F)cc1)C(=O)C1CCN(C(=O)c2ccc(F)cc2)CC1. The number of carbonyl (C=O) groups excluding carboxylic acids is 2. The topological polar surface area (TPSA) is 40.6 Å². The van der Waals surface area contributed by atoms with Gasteiger partial charge in [0, 0.05) is 38.2 Å². The van der Waals surface area contributed by atoms with Crippen molar-refractivity contribution in [3.8, 4) is 0 Å². The van der Waals surface area contributed by atoms with Crippen LogP contribution in [0.2, 0.25) is 0 Å². The minimum Gasteiger partial charge on any atom is -0.341 e. The zero-order chi connectivity index (χ0) is 21.9. The first-order valence-corrected chi connectivity index (χ1v) is 9.61. The Morgan fingerprint density at radius 2 is 1.57 bits per heavy atom. The predicted molar refractivity (Wildman–Crippen MR) is 103 cm³/mol. The average Bonchev–Trinajstić information content (AvgIpc) is 2.73. The largest absolute Gasteiger partial charge is 0.416 e. The Bertz CT molecular complexity index is 887. The highest BCUT2D eigenvalue weighted by molar-refractivity contribution is 5.94. The molecule has 0 aliphatic carbocycles. The highest BCUT2D eigenvalue weighted by atomic mass is 19.4. The third-order valence-electron chi connectivity index (χ3n) is 5.30. The number of likely N-dealkylation sites (tertiary alicyclic amines) is 1. The van der Waals surface area contributed by atoms with E-state index in [1.165, 1.54) is 41.3 Å². The van der Waals surface area contributed by atoms with Crippen LogP contribution in [-0.4, -0.2) is 41.8 Å². The summed E-state index contributed by atoms with van der Waals surface area (Å²) in [5, 5.41) is 0. The third-order valence-corrected chi connectivity index (χ3v) is 5.30. The molecule has 0 saturated carbocycles. The van der Waals surface area contributed by atoms with Crippen molar-refractivity contribution in [2.75, 3.05) is 20.1 Å². The molecule has 0 unspecified atom stereocenters. The Morgan fingerprint density at radius 3 is 2.10 bits per heavy atom. The van der Waals surface area contributed by atoms with Crippen molar-refractivity contribution in [1.82, 2.24) is 9.80 Å². The van der Waals surface area contributed by atoms with Crippen LogP contribution in [0.25, 0.3) is 0 Å². The van der Waals surface area contributed by atoms with E-state index in [2.05, 4.69) is 0 Å². The normalized spacial score (nSPS) is 15.2. The van der Waals surface area contributed by atoms with Gasteiger partial charge < -0.3 is 9.80 Å². The fourth-order valence-corrected chi connectivity index (χ4v) is 3.57. The van der Waals surface area contributed by atoms with Crippen LogP contribution >= 0.6 is 0 Å². The van der Waals surface area contributed by atoms with Crippen LogP contribution in [0.3, 0.4) is 0 Å². The van der Waals surface area contributed by atoms with E-state index in [1.54, 1.807) is 11.9 Å². The van der Waals surface area contributed by atoms with E-state index in [0.29, 0.717) is 37.1 Å². The Labute approximate surface area is 172 Å². The van der Waals surface area contributed by atoms with Crippen LogP contribution in [0, 0.1) is 11.7 Å². The zero-order valence-corrected chi connectivity index (χ0v) is 16.5. The van der Waals surface area contributed by atoms with Gasteiger partial charge in [0.1, 0.15) is 5.82 Å². The molecular formula is C22H22F4N2O2. The lowest BCUT2D eigenvalue weighted by Crippen LogP contribution is -2.43. The molecule has 2 aromatic rings. The van der Waals surface area contributed by atoms with Crippen LogP contribution in [0.4, 0.5) is 17.6 Å². The summed E-state index contributed by atoms with van der Waals surface area (Å²) in [5.41, 5.74) is 0.293. The Hall–Kier alpha value is -2.90. The fourth-order valence-electron chi connectivity index (χ4n) is 3.57. The summed E-state index contributed by atoms with van der Waals surface area (Å²) in [4.78, 5) is 28.4. The van der Waals surface area contributed by atoms with Gasteiger partial charge in [0.25, 0.3) is 5.91 Å². The number of carbonyl (C=O) groups is 2. The number of rotatable bonds is 4. The van der Waals surface area contributed by atoms with E-state index in [9.17, 15) is 27.2 Å². The lowest BCUT2D eigenvalue weighted by molar-refractivity contribution is -0.138. The van der Waals surface area contributed by atoms with Gasteiger partial charge in [0.15, 0.2) is 0 Å². The number of halogens is 4. The molecule has 160 valence electrons. The maximum atomic E-state index is 13.0. The van der Waals surface area contributed by atoms with E-state index >= 15 is 0 Å². The molecule has 0 atom stereocenters. The maximum absolute atomic E-state index is 13.0. The first kappa shape index (κ1) is 21.8. The van der Waals surface area contributed by atoms with Crippen molar-refractivity contribution in [3.05, 3.63) is 71.0 Å². The molecule has 0 radical (unpaired) electrons. The monoisotopic (exact) mass is 422 g/mol. The van der Waals surface area contributed by atoms with Gasteiger partial charge in [-0.05, 0) is 54.8 Å². The van der Waals surface area contributed by atoms with Crippen molar-refractivity contribution in [3.63, 3.8) is 0 Å². The minimum absolute atomic E-state index is 0.0937. The summed E-state index contributed by atoms with van der Waals surface area (Å²) in [6, 6.07) is 10.1. The summed E-state index contributed by atoms with van der Waals surface area (Å²) in [6.45, 7) is 1.05. The summed E-state index contributed by atoms with van der Waals surface area (Å²) in [5.74, 6) is -0.948. The molecule has 1 saturated heterocycles. The molecule has 2 amide bonds. The molecule has 0 N–H and O–H groups in total. The van der Waals surface area contributed by atoms with Gasteiger partial charge in [-0.1, -0.05) is 12.1 Å². The molecule has 0 spiro atoms. The number of amides is 2. The third kappa shape index (κ3) is 5.17. The summed E-state index contributed by atoms with van der Waals surface area (Å²) in [6.07, 6.45) is -3.38.